The fraction of sp³-hybridized carbons (Fsp3) is 0.154. The van der Waals surface area contributed by atoms with Crippen LogP contribution in [0.4, 0.5) is 5.82 Å². The number of aromatic nitrogens is 2. The summed E-state index contributed by atoms with van der Waals surface area (Å²) in [5, 5.41) is 27.8. The molecule has 1 heterocycles. The van der Waals surface area contributed by atoms with Gasteiger partial charge in [0.15, 0.2) is 18.7 Å². The summed E-state index contributed by atoms with van der Waals surface area (Å²) in [4.78, 5) is 22.5. The number of hydrogen-bond donors (Lipinski definition) is 4. The SMILES string of the molecule is Cc1cc(NC(=O)COc2cc(O)cc(O)c2C=O)n[nH]1. The Morgan fingerprint density at radius 3 is 2.81 bits per heavy atom. The number of aromatic hydroxyl groups is 2. The van der Waals surface area contributed by atoms with Gasteiger partial charge in [0.1, 0.15) is 17.2 Å². The molecule has 8 heteroatoms. The average Bonchev–Trinajstić information content (AvgIpc) is 2.81. The second-order valence-electron chi connectivity index (χ2n) is 4.27. The van der Waals surface area contributed by atoms with E-state index >= 15 is 0 Å². The summed E-state index contributed by atoms with van der Waals surface area (Å²) >= 11 is 0. The molecule has 0 aliphatic heterocycles. The first-order chi connectivity index (χ1) is 9.99. The van der Waals surface area contributed by atoms with Crippen LogP contribution in [0, 0.1) is 6.92 Å². The molecule has 1 aromatic carbocycles. The molecule has 0 spiro atoms. The monoisotopic (exact) mass is 291 g/mol. The Hall–Kier alpha value is -3.03. The third-order valence-corrected chi connectivity index (χ3v) is 2.56. The lowest BCUT2D eigenvalue weighted by atomic mass is 10.2. The van der Waals surface area contributed by atoms with Crippen LogP contribution in [0.15, 0.2) is 18.2 Å². The highest BCUT2D eigenvalue weighted by Crippen LogP contribution is 2.31. The van der Waals surface area contributed by atoms with E-state index in [-0.39, 0.29) is 17.1 Å². The highest BCUT2D eigenvalue weighted by Gasteiger charge is 2.13. The molecule has 8 nitrogen and oxygen atoms in total. The highest BCUT2D eigenvalue weighted by atomic mass is 16.5. The summed E-state index contributed by atoms with van der Waals surface area (Å²) in [7, 11) is 0. The Balaban J connectivity index is 2.02. The van der Waals surface area contributed by atoms with Gasteiger partial charge >= 0.3 is 0 Å². The number of hydrogen-bond acceptors (Lipinski definition) is 6. The number of aldehydes is 1. The number of aryl methyl sites for hydroxylation is 1. The lowest BCUT2D eigenvalue weighted by Crippen LogP contribution is -2.20. The van der Waals surface area contributed by atoms with Gasteiger partial charge < -0.3 is 20.3 Å². The van der Waals surface area contributed by atoms with Gasteiger partial charge in [0, 0.05) is 23.9 Å². The van der Waals surface area contributed by atoms with Gasteiger partial charge in [0.2, 0.25) is 0 Å². The van der Waals surface area contributed by atoms with Gasteiger partial charge in [0.05, 0.1) is 5.56 Å². The summed E-state index contributed by atoms with van der Waals surface area (Å²) in [6.45, 7) is 1.38. The number of carbonyl (C=O) groups excluding carboxylic acids is 2. The second-order valence-corrected chi connectivity index (χ2v) is 4.27. The maximum absolute atomic E-state index is 11.7. The Morgan fingerprint density at radius 2 is 2.19 bits per heavy atom. The number of aromatic amines is 1. The van der Waals surface area contributed by atoms with Crippen molar-refractivity contribution >= 4 is 18.0 Å². The molecule has 0 saturated heterocycles. The number of rotatable bonds is 5. The molecule has 4 N–H and O–H groups in total. The van der Waals surface area contributed by atoms with Crippen LogP contribution in [0.2, 0.25) is 0 Å². The Bertz CT molecular complexity index is 680. The van der Waals surface area contributed by atoms with Gasteiger partial charge in [-0.1, -0.05) is 0 Å². The molecule has 0 radical (unpaired) electrons. The number of benzene rings is 1. The second kappa shape index (κ2) is 5.95. The van der Waals surface area contributed by atoms with Crippen molar-refractivity contribution in [1.82, 2.24) is 10.2 Å². The lowest BCUT2D eigenvalue weighted by molar-refractivity contribution is -0.118. The van der Waals surface area contributed by atoms with E-state index in [9.17, 15) is 19.8 Å². The first kappa shape index (κ1) is 14.4. The molecule has 110 valence electrons. The fourth-order valence-corrected chi connectivity index (χ4v) is 1.64. The molecule has 0 bridgehead atoms. The van der Waals surface area contributed by atoms with E-state index in [0.717, 1.165) is 17.8 Å². The third-order valence-electron chi connectivity index (χ3n) is 2.56. The minimum absolute atomic E-state index is 0.0872. The molecule has 2 aromatic rings. The number of H-pyrrole nitrogens is 1. The molecule has 2 rings (SSSR count). The van der Waals surface area contributed by atoms with Crippen molar-refractivity contribution in [3.05, 3.63) is 29.5 Å². The number of amides is 1. The maximum Gasteiger partial charge on any atom is 0.263 e. The normalized spacial score (nSPS) is 10.1. The highest BCUT2D eigenvalue weighted by molar-refractivity contribution is 5.91. The molecule has 0 aliphatic rings. The van der Waals surface area contributed by atoms with Gasteiger partial charge in [-0.25, -0.2) is 0 Å². The zero-order valence-electron chi connectivity index (χ0n) is 11.1. The average molecular weight is 291 g/mol. The van der Waals surface area contributed by atoms with Crippen molar-refractivity contribution in [2.45, 2.75) is 6.92 Å². The van der Waals surface area contributed by atoms with E-state index in [1.807, 2.05) is 0 Å². The van der Waals surface area contributed by atoms with Crippen molar-refractivity contribution in [2.24, 2.45) is 0 Å². The van der Waals surface area contributed by atoms with Crippen molar-refractivity contribution in [2.75, 3.05) is 11.9 Å². The summed E-state index contributed by atoms with van der Waals surface area (Å²) in [5.41, 5.74) is 0.642. The Labute approximate surface area is 119 Å². The van der Waals surface area contributed by atoms with E-state index in [0.29, 0.717) is 12.1 Å². The number of nitrogens with one attached hydrogen (secondary N) is 2. The van der Waals surface area contributed by atoms with Crippen LogP contribution in [0.1, 0.15) is 16.1 Å². The van der Waals surface area contributed by atoms with Crippen LogP contribution in [0.3, 0.4) is 0 Å². The summed E-state index contributed by atoms with van der Waals surface area (Å²) in [6, 6.07) is 3.77. The largest absolute Gasteiger partial charge is 0.508 e. The standard InChI is InChI=1S/C13H13N3O5/c1-7-2-12(16-15-7)14-13(20)6-21-11-4-8(18)3-10(19)9(11)5-17/h2-5,18-19H,6H2,1H3,(H2,14,15,16,20). The number of phenolic OH excluding ortho intramolecular Hbond substituents is 2. The van der Waals surface area contributed by atoms with E-state index < -0.39 is 18.3 Å². The molecule has 1 aromatic heterocycles. The number of phenols is 2. The molecule has 0 saturated carbocycles. The van der Waals surface area contributed by atoms with Crippen LogP contribution in [0.5, 0.6) is 17.2 Å². The van der Waals surface area contributed by atoms with E-state index in [4.69, 9.17) is 4.74 Å². The molecule has 0 unspecified atom stereocenters. The topological polar surface area (TPSA) is 125 Å². The summed E-state index contributed by atoms with van der Waals surface area (Å²) in [6.07, 6.45) is 0.374. The van der Waals surface area contributed by atoms with E-state index in [1.54, 1.807) is 13.0 Å². The summed E-state index contributed by atoms with van der Waals surface area (Å²) in [5.74, 6) is -0.952. The van der Waals surface area contributed by atoms with Gasteiger partial charge in [0.25, 0.3) is 5.91 Å². The number of nitrogens with zero attached hydrogens (tertiary/aromatic N) is 1. The minimum atomic E-state index is -0.499. The van der Waals surface area contributed by atoms with Crippen molar-refractivity contribution in [3.63, 3.8) is 0 Å². The Kier molecular flexibility index (Phi) is 4.07. The molecule has 0 fully saturated rings. The van der Waals surface area contributed by atoms with Crippen LogP contribution < -0.4 is 10.1 Å². The zero-order chi connectivity index (χ0) is 15.4. The predicted molar refractivity (Wildman–Crippen MR) is 72.6 cm³/mol. The van der Waals surface area contributed by atoms with E-state index in [2.05, 4.69) is 15.5 Å². The first-order valence-electron chi connectivity index (χ1n) is 5.95. The van der Waals surface area contributed by atoms with Crippen molar-refractivity contribution < 1.29 is 24.5 Å². The van der Waals surface area contributed by atoms with Gasteiger partial charge in [-0.3, -0.25) is 14.7 Å². The van der Waals surface area contributed by atoms with Gasteiger partial charge in [-0.05, 0) is 6.92 Å². The van der Waals surface area contributed by atoms with Gasteiger partial charge in [-0.2, -0.15) is 5.10 Å². The number of carbonyl (C=O) groups is 2. The first-order valence-corrected chi connectivity index (χ1v) is 5.95. The minimum Gasteiger partial charge on any atom is -0.508 e. The summed E-state index contributed by atoms with van der Waals surface area (Å²) < 4.78 is 5.13. The number of ether oxygens (including phenoxy) is 1. The van der Waals surface area contributed by atoms with Crippen LogP contribution in [0.25, 0.3) is 0 Å². The molecular formula is C13H13N3O5. The van der Waals surface area contributed by atoms with Crippen molar-refractivity contribution in [3.8, 4) is 17.2 Å². The van der Waals surface area contributed by atoms with Crippen molar-refractivity contribution in [1.29, 1.82) is 0 Å². The number of anilines is 1. The molecule has 0 atom stereocenters. The van der Waals surface area contributed by atoms with Crippen LogP contribution in [-0.4, -0.2) is 39.2 Å². The molecule has 0 aliphatic carbocycles. The fourth-order valence-electron chi connectivity index (χ4n) is 1.64. The Morgan fingerprint density at radius 1 is 1.43 bits per heavy atom. The predicted octanol–water partition coefficient (Wildman–Crippen LogP) is 0.959. The maximum atomic E-state index is 11.7. The molecule has 1 amide bonds. The van der Waals surface area contributed by atoms with Crippen LogP contribution >= 0.6 is 0 Å². The smallest absolute Gasteiger partial charge is 0.263 e. The van der Waals surface area contributed by atoms with E-state index in [1.165, 1.54) is 0 Å². The quantitative estimate of drug-likeness (QED) is 0.608. The van der Waals surface area contributed by atoms with Crippen LogP contribution in [-0.2, 0) is 4.79 Å². The molecular weight excluding hydrogens is 278 g/mol. The van der Waals surface area contributed by atoms with Gasteiger partial charge in [-0.15, -0.1) is 0 Å². The zero-order valence-corrected chi connectivity index (χ0v) is 11.1. The lowest BCUT2D eigenvalue weighted by Gasteiger charge is -2.09. The molecule has 21 heavy (non-hydrogen) atoms. The third kappa shape index (κ3) is 3.50.